The van der Waals surface area contributed by atoms with E-state index in [4.69, 9.17) is 33.4 Å². The molecule has 10 heterocycles. The number of pyridine rings is 1. The summed E-state index contributed by atoms with van der Waals surface area (Å²) in [7, 11) is -4.72. The number of aromatic amines is 1. The van der Waals surface area contributed by atoms with Crippen LogP contribution in [0.1, 0.15) is 86.5 Å². The van der Waals surface area contributed by atoms with Gasteiger partial charge in [-0.05, 0) is 107 Å². The van der Waals surface area contributed by atoms with Crippen LogP contribution in [0.2, 0.25) is 0 Å². The summed E-state index contributed by atoms with van der Waals surface area (Å²) in [4.78, 5) is 53.3. The fourth-order valence-electron chi connectivity index (χ4n) is 14.3. The summed E-state index contributed by atoms with van der Waals surface area (Å²) >= 11 is 0. The molecule has 436 valence electrons. The zero-order valence-corrected chi connectivity index (χ0v) is 47.4. The maximum atomic E-state index is 14.9. The van der Waals surface area contributed by atoms with E-state index in [0.29, 0.717) is 67.7 Å². The number of aromatic nitrogens is 4. The number of benzene rings is 3. The van der Waals surface area contributed by atoms with Crippen LogP contribution in [0.3, 0.4) is 0 Å². The Labute approximate surface area is 481 Å². The summed E-state index contributed by atoms with van der Waals surface area (Å²) in [6, 6.07) is 20.4. The van der Waals surface area contributed by atoms with E-state index in [1.165, 1.54) is 11.6 Å². The third-order valence-corrected chi connectivity index (χ3v) is 20.0. The molecule has 3 aromatic carbocycles. The van der Waals surface area contributed by atoms with Crippen LogP contribution in [0.4, 0.5) is 28.4 Å². The molecule has 0 bridgehead atoms. The van der Waals surface area contributed by atoms with E-state index in [1.807, 2.05) is 30.5 Å². The number of carbonyl (C=O) groups excluding carboxylic acids is 1. The van der Waals surface area contributed by atoms with Gasteiger partial charge in [-0.2, -0.15) is 4.98 Å². The van der Waals surface area contributed by atoms with Gasteiger partial charge in [0.1, 0.15) is 42.1 Å². The van der Waals surface area contributed by atoms with Crippen LogP contribution in [0.5, 0.6) is 23.3 Å². The molecule has 1 spiro atoms. The van der Waals surface area contributed by atoms with Gasteiger partial charge >= 0.3 is 0 Å². The number of nitrogens with zero attached hydrogens (tertiary/aromatic N) is 8. The summed E-state index contributed by atoms with van der Waals surface area (Å²) in [5, 5.41) is 16.7. The highest BCUT2D eigenvalue weighted by atomic mass is 32.2. The van der Waals surface area contributed by atoms with Crippen LogP contribution in [0.15, 0.2) is 90.2 Å². The van der Waals surface area contributed by atoms with Crippen LogP contribution < -0.4 is 38.8 Å². The van der Waals surface area contributed by atoms with Crippen molar-refractivity contribution in [3.05, 3.63) is 112 Å². The Bertz CT molecular complexity index is 3560. The number of para-hydroxylation sites is 1. The topological polar surface area (TPSA) is 241 Å². The highest BCUT2D eigenvalue weighted by Gasteiger charge is 2.51. The van der Waals surface area contributed by atoms with Gasteiger partial charge in [-0.1, -0.05) is 18.2 Å². The van der Waals surface area contributed by atoms with Crippen molar-refractivity contribution in [1.29, 1.82) is 0 Å². The molecule has 1 saturated carbocycles. The van der Waals surface area contributed by atoms with Crippen LogP contribution >= 0.6 is 0 Å². The third kappa shape index (κ3) is 10.2. The van der Waals surface area contributed by atoms with Gasteiger partial charge in [-0.15, -0.1) is 0 Å². The highest BCUT2D eigenvalue weighted by molar-refractivity contribution is 7.90. The molecule has 1 amide bonds. The van der Waals surface area contributed by atoms with Crippen molar-refractivity contribution in [2.45, 2.75) is 113 Å². The Kier molecular flexibility index (Phi) is 14.0. The normalized spacial score (nSPS) is 24.7. The number of ether oxygens (including phenoxy) is 6. The number of rotatable bonds is 12. The predicted octanol–water partition coefficient (Wildman–Crippen LogP) is 7.57. The quantitative estimate of drug-likeness (QED) is 0.0791. The number of nitrogens with one attached hydrogen (secondary N) is 3. The molecular formula is C60H69N11O11S. The van der Waals surface area contributed by atoms with Crippen molar-refractivity contribution in [1.82, 2.24) is 34.5 Å². The second-order valence-corrected chi connectivity index (χ2v) is 25.6. The van der Waals surface area contributed by atoms with E-state index in [9.17, 15) is 23.3 Å². The minimum Gasteiger partial charge on any atom is -0.491 e. The molecule has 5 atom stereocenters. The number of amides is 1. The van der Waals surface area contributed by atoms with Gasteiger partial charge in [0.2, 0.25) is 11.8 Å². The minimum absolute atomic E-state index is 0.0226. The smallest absolute Gasteiger partial charge is 0.297 e. The zero-order chi connectivity index (χ0) is 56.6. The zero-order valence-electron chi connectivity index (χ0n) is 46.6. The van der Waals surface area contributed by atoms with E-state index >= 15 is 0 Å². The first-order valence-corrected chi connectivity index (χ1v) is 30.8. The lowest BCUT2D eigenvalue weighted by Crippen LogP contribution is -2.61. The molecule has 0 unspecified atom stereocenters. The molecule has 23 heteroatoms. The van der Waals surface area contributed by atoms with Crippen LogP contribution in [0.25, 0.3) is 11.0 Å². The molecule has 8 aliphatic rings. The molecule has 4 saturated heterocycles. The molecule has 14 rings (SSSR count). The molecule has 1 aliphatic carbocycles. The molecule has 22 nitrogen and oxygen atoms in total. The Morgan fingerprint density at radius 2 is 1.70 bits per heavy atom. The van der Waals surface area contributed by atoms with Gasteiger partial charge < -0.3 is 48.5 Å². The first kappa shape index (κ1) is 53.7. The average Bonchev–Trinajstić information content (AvgIpc) is 4.07. The van der Waals surface area contributed by atoms with E-state index in [-0.39, 0.29) is 71.8 Å². The molecule has 7 aliphatic heterocycles. The van der Waals surface area contributed by atoms with Crippen molar-refractivity contribution < 1.29 is 46.6 Å². The van der Waals surface area contributed by atoms with Crippen molar-refractivity contribution >= 4 is 55.4 Å². The van der Waals surface area contributed by atoms with Crippen molar-refractivity contribution in [3.63, 3.8) is 0 Å². The number of nitro groups is 1. The monoisotopic (exact) mass is 1150 g/mol. The van der Waals surface area contributed by atoms with Crippen LogP contribution in [-0.2, 0) is 25.9 Å². The summed E-state index contributed by atoms with van der Waals surface area (Å²) < 4.78 is 68.0. The minimum atomic E-state index is -4.72. The number of fused-ring (bicyclic) bond motifs is 5. The molecular weight excluding hydrogens is 1080 g/mol. The highest BCUT2D eigenvalue weighted by Crippen LogP contribution is 2.54. The molecule has 6 aromatic rings. The maximum absolute atomic E-state index is 14.9. The fraction of sp³-hybridized carbons (Fsp3) is 0.500. The molecule has 5 fully saturated rings. The second-order valence-electron chi connectivity index (χ2n) is 23.9. The van der Waals surface area contributed by atoms with Gasteiger partial charge in [-0.25, -0.2) is 18.1 Å². The number of anilines is 4. The molecule has 0 radical (unpaired) electrons. The number of sulfonamides is 1. The number of hydrogen-bond acceptors (Lipinski definition) is 19. The molecule has 3 aromatic heterocycles. The number of hydrogen-bond donors (Lipinski definition) is 3. The summed E-state index contributed by atoms with van der Waals surface area (Å²) in [5.74, 6) is 1.20. The lowest BCUT2D eigenvalue weighted by molar-refractivity contribution is -0.384. The molecule has 83 heavy (non-hydrogen) atoms. The van der Waals surface area contributed by atoms with E-state index in [1.54, 1.807) is 18.5 Å². The second kappa shape index (κ2) is 21.7. The molecule has 3 N–H and O–H groups in total. The summed E-state index contributed by atoms with van der Waals surface area (Å²) in [6.07, 6.45) is 11.8. The Morgan fingerprint density at radius 1 is 0.880 bits per heavy atom. The van der Waals surface area contributed by atoms with Gasteiger partial charge in [0, 0.05) is 118 Å². The largest absolute Gasteiger partial charge is 0.491 e. The predicted molar refractivity (Wildman–Crippen MR) is 308 cm³/mol. The first-order valence-electron chi connectivity index (χ1n) is 29.3. The first-order chi connectivity index (χ1) is 40.3. The van der Waals surface area contributed by atoms with E-state index in [0.717, 1.165) is 106 Å². The number of nitro benzene ring substituents is 1. The summed E-state index contributed by atoms with van der Waals surface area (Å²) in [5.41, 5.74) is 4.65. The van der Waals surface area contributed by atoms with Gasteiger partial charge in [0.05, 0.1) is 51.9 Å². The number of piperazine rings is 1. The third-order valence-electron chi connectivity index (χ3n) is 18.6. The number of H-pyrrole nitrogens is 1. The number of piperidine rings is 1. The SMILES string of the molecule is CC(C)Oc1ccccc1[C@@H]1CN([C@H]2COc3nccnc3C2)CCN1C1CC2(CCN(c3ccc(C(=O)NS(=O)(=O)c4cc5c(c([N+](=O)[O-])c4)N[C@H](C4CCOCC4)CO5)c(N4c5cc6cc[nH]c6nc5O[C@H]5COCC[C@@H]54)c3)CC2)C1. The fourth-order valence-corrected chi connectivity index (χ4v) is 15.3. The van der Waals surface area contributed by atoms with E-state index < -0.39 is 37.5 Å². The van der Waals surface area contributed by atoms with Gasteiger partial charge in [0.15, 0.2) is 11.4 Å². The average molecular weight is 1150 g/mol. The lowest BCUT2D eigenvalue weighted by Gasteiger charge is -2.58. The van der Waals surface area contributed by atoms with Crippen LogP contribution in [0, 0.1) is 21.4 Å². The Balaban J connectivity index is 0.735. The van der Waals surface area contributed by atoms with Gasteiger partial charge in [-0.3, -0.25) is 29.7 Å². The summed E-state index contributed by atoms with van der Waals surface area (Å²) in [6.45, 7) is 11.1. The van der Waals surface area contributed by atoms with Crippen LogP contribution in [-0.4, -0.2) is 158 Å². The van der Waals surface area contributed by atoms with Gasteiger partial charge in [0.25, 0.3) is 21.6 Å². The van der Waals surface area contributed by atoms with E-state index in [2.05, 4.69) is 82.7 Å². The standard InChI is InChI=1S/C60H69N11O11S/c1-36(2)81-52-6-4-3-5-43(52)51-32-68(40-26-45-58(80-33-40)63-17-16-61-45)20-21-69(51)41-30-60(31-41)13-18-67(19-14-60)39-7-8-44(48(27-39)70-47-12-24-78-35-54(47)82-59-50(70)25-38-9-15-62-56(38)65-59)57(72)66-83(75,76)42-28-49(71(73)74)55-53(29-42)79-34-46(64-55)37-10-22-77-23-11-37/h3-9,15-17,25,27-29,36-37,40-41,46-47,51,54,64H,10-14,18-24,26,30-35H2,1-2H3,(H,62,65)(H,66,72)/t40-,46+,47+,51+,54+/m1/s1. The lowest BCUT2D eigenvalue weighted by atomic mass is 9.59. The maximum Gasteiger partial charge on any atom is 0.297 e. The number of carbonyl (C=O) groups is 1. The van der Waals surface area contributed by atoms with Crippen molar-refractivity contribution in [3.8, 4) is 23.3 Å². The van der Waals surface area contributed by atoms with Crippen molar-refractivity contribution in [2.75, 3.05) is 87.5 Å². The Morgan fingerprint density at radius 3 is 2.53 bits per heavy atom. The Hall–Kier alpha value is -7.31. The van der Waals surface area contributed by atoms with Crippen molar-refractivity contribution in [2.24, 2.45) is 11.3 Å².